The van der Waals surface area contributed by atoms with Crippen LogP contribution in [0.5, 0.6) is 0 Å². The molecule has 2 heterocycles. The van der Waals surface area contributed by atoms with Crippen molar-refractivity contribution in [1.29, 1.82) is 0 Å². The SMILES string of the molecule is CCCc1c(C(=O)O)cnn1-c1ccccn1. The van der Waals surface area contributed by atoms with Crippen LogP contribution in [-0.2, 0) is 6.42 Å². The van der Waals surface area contributed by atoms with Gasteiger partial charge in [0.1, 0.15) is 5.56 Å². The molecule has 0 aliphatic rings. The normalized spacial score (nSPS) is 10.4. The fourth-order valence-corrected chi connectivity index (χ4v) is 1.71. The Morgan fingerprint density at radius 3 is 2.88 bits per heavy atom. The molecule has 1 N–H and O–H groups in total. The number of aromatic carboxylic acids is 1. The van der Waals surface area contributed by atoms with Gasteiger partial charge in [0, 0.05) is 6.20 Å². The molecule has 17 heavy (non-hydrogen) atoms. The first-order chi connectivity index (χ1) is 8.24. The molecule has 0 aromatic carbocycles. The van der Waals surface area contributed by atoms with Gasteiger partial charge in [0.25, 0.3) is 0 Å². The van der Waals surface area contributed by atoms with Crippen LogP contribution in [-0.4, -0.2) is 25.8 Å². The number of carboxylic acids is 1. The molecule has 0 saturated heterocycles. The molecule has 0 aliphatic heterocycles. The molecule has 0 spiro atoms. The van der Waals surface area contributed by atoms with E-state index in [1.54, 1.807) is 16.9 Å². The zero-order valence-corrected chi connectivity index (χ0v) is 9.50. The Morgan fingerprint density at radius 1 is 1.47 bits per heavy atom. The third kappa shape index (κ3) is 2.18. The summed E-state index contributed by atoms with van der Waals surface area (Å²) >= 11 is 0. The maximum atomic E-state index is 11.1. The number of carbonyl (C=O) groups is 1. The van der Waals surface area contributed by atoms with Crippen molar-refractivity contribution in [2.45, 2.75) is 19.8 Å². The molecule has 0 fully saturated rings. The summed E-state index contributed by atoms with van der Waals surface area (Å²) in [5, 5.41) is 13.2. The van der Waals surface area contributed by atoms with E-state index < -0.39 is 5.97 Å². The van der Waals surface area contributed by atoms with Crippen LogP contribution < -0.4 is 0 Å². The van der Waals surface area contributed by atoms with Crippen molar-refractivity contribution in [2.75, 3.05) is 0 Å². The summed E-state index contributed by atoms with van der Waals surface area (Å²) in [4.78, 5) is 15.2. The molecule has 0 aliphatic carbocycles. The summed E-state index contributed by atoms with van der Waals surface area (Å²) in [6.45, 7) is 2.00. The number of aromatic nitrogens is 3. The van der Waals surface area contributed by atoms with Gasteiger partial charge in [0.15, 0.2) is 5.82 Å². The van der Waals surface area contributed by atoms with Gasteiger partial charge in [0.05, 0.1) is 11.9 Å². The van der Waals surface area contributed by atoms with Gasteiger partial charge in [-0.1, -0.05) is 19.4 Å². The number of rotatable bonds is 4. The van der Waals surface area contributed by atoms with Crippen LogP contribution in [0.15, 0.2) is 30.6 Å². The van der Waals surface area contributed by atoms with Gasteiger partial charge >= 0.3 is 5.97 Å². The summed E-state index contributed by atoms with van der Waals surface area (Å²) in [5.41, 5.74) is 0.941. The highest BCUT2D eigenvalue weighted by atomic mass is 16.4. The Balaban J connectivity index is 2.51. The number of hydrogen-bond donors (Lipinski definition) is 1. The molecular formula is C12H13N3O2. The highest BCUT2D eigenvalue weighted by Crippen LogP contribution is 2.15. The van der Waals surface area contributed by atoms with Crippen LogP contribution in [0.4, 0.5) is 0 Å². The highest BCUT2D eigenvalue weighted by molar-refractivity contribution is 5.88. The molecule has 0 unspecified atom stereocenters. The van der Waals surface area contributed by atoms with Gasteiger partial charge < -0.3 is 5.11 Å². The van der Waals surface area contributed by atoms with E-state index in [2.05, 4.69) is 10.1 Å². The molecule has 0 radical (unpaired) electrons. The van der Waals surface area contributed by atoms with Crippen molar-refractivity contribution >= 4 is 5.97 Å². The second-order valence-electron chi connectivity index (χ2n) is 3.66. The average molecular weight is 231 g/mol. The summed E-state index contributed by atoms with van der Waals surface area (Å²) in [5.74, 6) is -0.306. The van der Waals surface area contributed by atoms with E-state index >= 15 is 0 Å². The molecule has 2 rings (SSSR count). The summed E-state index contributed by atoms with van der Waals surface area (Å²) < 4.78 is 1.59. The third-order valence-corrected chi connectivity index (χ3v) is 2.45. The first-order valence-electron chi connectivity index (χ1n) is 5.45. The van der Waals surface area contributed by atoms with Gasteiger partial charge in [0.2, 0.25) is 0 Å². The van der Waals surface area contributed by atoms with Crippen LogP contribution in [0, 0.1) is 0 Å². The minimum atomic E-state index is -0.948. The second kappa shape index (κ2) is 4.78. The van der Waals surface area contributed by atoms with Gasteiger partial charge in [-0.15, -0.1) is 0 Å². The lowest BCUT2D eigenvalue weighted by Crippen LogP contribution is -2.07. The predicted molar refractivity (Wildman–Crippen MR) is 62.3 cm³/mol. The maximum Gasteiger partial charge on any atom is 0.339 e. The lowest BCUT2D eigenvalue weighted by Gasteiger charge is -2.06. The van der Waals surface area contributed by atoms with E-state index in [0.29, 0.717) is 17.9 Å². The smallest absolute Gasteiger partial charge is 0.339 e. The van der Waals surface area contributed by atoms with Crippen LogP contribution in [0.25, 0.3) is 5.82 Å². The second-order valence-corrected chi connectivity index (χ2v) is 3.66. The first-order valence-corrected chi connectivity index (χ1v) is 5.45. The van der Waals surface area contributed by atoms with E-state index in [4.69, 9.17) is 5.11 Å². The quantitative estimate of drug-likeness (QED) is 0.872. The number of carboxylic acid groups (broad SMARTS) is 1. The van der Waals surface area contributed by atoms with Crippen LogP contribution in [0.3, 0.4) is 0 Å². The van der Waals surface area contributed by atoms with E-state index in [1.165, 1.54) is 6.20 Å². The van der Waals surface area contributed by atoms with Crippen LogP contribution in [0.1, 0.15) is 29.4 Å². The molecule has 0 atom stereocenters. The zero-order chi connectivity index (χ0) is 12.3. The Kier molecular flexibility index (Phi) is 3.18. The number of hydrogen-bond acceptors (Lipinski definition) is 3. The fourth-order valence-electron chi connectivity index (χ4n) is 1.71. The monoisotopic (exact) mass is 231 g/mol. The first kappa shape index (κ1) is 11.3. The standard InChI is InChI=1S/C12H13N3O2/c1-2-5-10-9(12(16)17)8-14-15(10)11-6-3-4-7-13-11/h3-4,6-8H,2,5H2,1H3,(H,16,17). The molecule has 5 nitrogen and oxygen atoms in total. The molecular weight excluding hydrogens is 218 g/mol. The van der Waals surface area contributed by atoms with Crippen molar-refractivity contribution in [3.63, 3.8) is 0 Å². The summed E-state index contributed by atoms with van der Waals surface area (Å²) in [6, 6.07) is 5.46. The van der Waals surface area contributed by atoms with Crippen molar-refractivity contribution in [3.8, 4) is 5.82 Å². The van der Waals surface area contributed by atoms with Crippen LogP contribution >= 0.6 is 0 Å². The lowest BCUT2D eigenvalue weighted by atomic mass is 10.1. The Bertz CT molecular complexity index is 520. The topological polar surface area (TPSA) is 68.0 Å². The molecule has 88 valence electrons. The van der Waals surface area contributed by atoms with E-state index in [0.717, 1.165) is 6.42 Å². The number of pyridine rings is 1. The Labute approximate surface area is 98.7 Å². The third-order valence-electron chi connectivity index (χ3n) is 2.45. The molecule has 0 amide bonds. The molecule has 2 aromatic rings. The predicted octanol–water partition coefficient (Wildman–Crippen LogP) is 1.92. The molecule has 2 aromatic heterocycles. The molecule has 5 heteroatoms. The van der Waals surface area contributed by atoms with E-state index in [9.17, 15) is 4.79 Å². The minimum Gasteiger partial charge on any atom is -0.478 e. The largest absolute Gasteiger partial charge is 0.478 e. The highest BCUT2D eigenvalue weighted by Gasteiger charge is 2.17. The molecule has 0 bridgehead atoms. The van der Waals surface area contributed by atoms with Gasteiger partial charge in [-0.2, -0.15) is 5.10 Å². The average Bonchev–Trinajstić information content (AvgIpc) is 2.75. The van der Waals surface area contributed by atoms with E-state index in [1.807, 2.05) is 19.1 Å². The fraction of sp³-hybridized carbons (Fsp3) is 0.250. The molecule has 0 saturated carbocycles. The summed E-state index contributed by atoms with van der Waals surface area (Å²) in [6.07, 6.45) is 4.56. The minimum absolute atomic E-state index is 0.248. The maximum absolute atomic E-state index is 11.1. The van der Waals surface area contributed by atoms with Gasteiger partial charge in [-0.3, -0.25) is 0 Å². The van der Waals surface area contributed by atoms with Gasteiger partial charge in [-0.05, 0) is 18.6 Å². The van der Waals surface area contributed by atoms with Crippen molar-refractivity contribution in [3.05, 3.63) is 41.9 Å². The van der Waals surface area contributed by atoms with Crippen molar-refractivity contribution in [2.24, 2.45) is 0 Å². The summed E-state index contributed by atoms with van der Waals surface area (Å²) in [7, 11) is 0. The number of nitrogens with zero attached hydrogens (tertiary/aromatic N) is 3. The van der Waals surface area contributed by atoms with Gasteiger partial charge in [-0.25, -0.2) is 14.5 Å². The Hall–Kier alpha value is -2.17. The van der Waals surface area contributed by atoms with Crippen molar-refractivity contribution < 1.29 is 9.90 Å². The Morgan fingerprint density at radius 2 is 2.29 bits per heavy atom. The van der Waals surface area contributed by atoms with Crippen molar-refractivity contribution in [1.82, 2.24) is 14.8 Å². The van der Waals surface area contributed by atoms with Crippen LogP contribution in [0.2, 0.25) is 0 Å². The lowest BCUT2D eigenvalue weighted by molar-refractivity contribution is 0.0695. The zero-order valence-electron chi connectivity index (χ0n) is 9.50. The van der Waals surface area contributed by atoms with E-state index in [-0.39, 0.29) is 5.56 Å².